The lowest BCUT2D eigenvalue weighted by atomic mass is 10.6. The van der Waals surface area contributed by atoms with E-state index in [9.17, 15) is 0 Å². The molecule has 18 heavy (non-hydrogen) atoms. The Hall–Kier alpha value is -2.44. The molecule has 1 aliphatic rings. The maximum absolute atomic E-state index is 4.50. The van der Waals surface area contributed by atoms with Gasteiger partial charge in [0.1, 0.15) is 6.33 Å². The number of rotatable bonds is 3. The van der Waals surface area contributed by atoms with Crippen LogP contribution in [0.25, 0.3) is 11.6 Å². The highest BCUT2D eigenvalue weighted by atomic mass is 15.4. The van der Waals surface area contributed by atoms with Crippen LogP contribution in [0.1, 0.15) is 12.8 Å². The van der Waals surface area contributed by atoms with Crippen molar-refractivity contribution in [3.63, 3.8) is 0 Å². The summed E-state index contributed by atoms with van der Waals surface area (Å²) in [6.45, 7) is 0. The number of nitrogens with one attached hydrogen (secondary N) is 1. The van der Waals surface area contributed by atoms with Gasteiger partial charge in [-0.25, -0.2) is 4.98 Å². The molecule has 1 aliphatic carbocycles. The Morgan fingerprint density at radius 3 is 2.94 bits per heavy atom. The summed E-state index contributed by atoms with van der Waals surface area (Å²) in [4.78, 5) is 12.9. The van der Waals surface area contributed by atoms with Gasteiger partial charge >= 0.3 is 0 Å². The topological polar surface area (TPSA) is 72.9 Å². The molecule has 0 radical (unpaired) electrons. The minimum absolute atomic E-state index is 0.517. The van der Waals surface area contributed by atoms with Crippen molar-refractivity contribution in [2.24, 2.45) is 0 Å². The van der Waals surface area contributed by atoms with E-state index in [0.29, 0.717) is 12.0 Å². The van der Waals surface area contributed by atoms with Gasteiger partial charge in [0.15, 0.2) is 5.65 Å². The summed E-state index contributed by atoms with van der Waals surface area (Å²) in [5.74, 6) is 1.33. The standard InChI is InChI=1S/C11H11N7/c1-2-8(1)14-11-16-10(17-6-5-12-7-17)15-9-3-4-13-18(9)11/h3-8H,1-2H2,(H,14,15,16). The van der Waals surface area contributed by atoms with E-state index in [0.717, 1.165) is 11.6 Å². The van der Waals surface area contributed by atoms with Crippen LogP contribution >= 0.6 is 0 Å². The van der Waals surface area contributed by atoms with E-state index in [1.54, 1.807) is 27.8 Å². The van der Waals surface area contributed by atoms with E-state index >= 15 is 0 Å². The second-order valence-electron chi connectivity index (χ2n) is 4.34. The van der Waals surface area contributed by atoms with Gasteiger partial charge in [-0.2, -0.15) is 19.6 Å². The van der Waals surface area contributed by atoms with Crippen molar-refractivity contribution in [1.29, 1.82) is 0 Å². The van der Waals surface area contributed by atoms with Crippen molar-refractivity contribution >= 4 is 11.6 Å². The monoisotopic (exact) mass is 241 g/mol. The molecule has 0 amide bonds. The summed E-state index contributed by atoms with van der Waals surface area (Å²) in [7, 11) is 0. The molecule has 0 bridgehead atoms. The predicted molar refractivity (Wildman–Crippen MR) is 64.5 cm³/mol. The number of imidazole rings is 1. The Balaban J connectivity index is 1.88. The van der Waals surface area contributed by atoms with Gasteiger partial charge in [0.05, 0.1) is 6.20 Å². The highest BCUT2D eigenvalue weighted by Gasteiger charge is 2.23. The minimum atomic E-state index is 0.517. The SMILES string of the molecule is c1cn(-c2nc(NC3CC3)n3nccc3n2)cn1. The second kappa shape index (κ2) is 3.52. The summed E-state index contributed by atoms with van der Waals surface area (Å²) in [5.41, 5.74) is 0.775. The van der Waals surface area contributed by atoms with E-state index in [-0.39, 0.29) is 0 Å². The van der Waals surface area contributed by atoms with Crippen molar-refractivity contribution in [3.05, 3.63) is 31.0 Å². The molecular formula is C11H11N7. The maximum atomic E-state index is 4.50. The predicted octanol–water partition coefficient (Wildman–Crippen LogP) is 0.884. The molecule has 3 aromatic heterocycles. The molecule has 0 spiro atoms. The lowest BCUT2D eigenvalue weighted by Gasteiger charge is -2.08. The normalized spacial score (nSPS) is 15.1. The molecule has 7 heteroatoms. The highest BCUT2D eigenvalue weighted by molar-refractivity contribution is 5.46. The molecule has 1 fully saturated rings. The highest BCUT2D eigenvalue weighted by Crippen LogP contribution is 2.24. The number of aromatic nitrogens is 6. The zero-order chi connectivity index (χ0) is 11.9. The average molecular weight is 241 g/mol. The lowest BCUT2D eigenvalue weighted by Crippen LogP contribution is -2.12. The van der Waals surface area contributed by atoms with Crippen molar-refractivity contribution in [2.45, 2.75) is 18.9 Å². The fourth-order valence-electron chi connectivity index (χ4n) is 1.81. The Kier molecular flexibility index (Phi) is 1.88. The summed E-state index contributed by atoms with van der Waals surface area (Å²) in [6, 6.07) is 2.38. The molecule has 3 aromatic rings. The molecule has 1 N–H and O–H groups in total. The molecule has 1 saturated carbocycles. The third kappa shape index (κ3) is 1.52. The van der Waals surface area contributed by atoms with Gasteiger partial charge in [0, 0.05) is 24.5 Å². The number of hydrogen-bond acceptors (Lipinski definition) is 5. The van der Waals surface area contributed by atoms with Gasteiger partial charge in [-0.3, -0.25) is 4.57 Å². The molecule has 4 rings (SSSR count). The Bertz CT molecular complexity index is 681. The number of nitrogens with zero attached hydrogens (tertiary/aromatic N) is 6. The first kappa shape index (κ1) is 9.58. The van der Waals surface area contributed by atoms with Crippen LogP contribution in [-0.4, -0.2) is 35.2 Å². The lowest BCUT2D eigenvalue weighted by molar-refractivity contribution is 0.839. The summed E-state index contributed by atoms with van der Waals surface area (Å²) < 4.78 is 3.50. The Labute approximate surface area is 103 Å². The van der Waals surface area contributed by atoms with Crippen molar-refractivity contribution in [2.75, 3.05) is 5.32 Å². The number of fused-ring (bicyclic) bond motifs is 1. The van der Waals surface area contributed by atoms with Gasteiger partial charge in [0.25, 0.3) is 0 Å². The second-order valence-corrected chi connectivity index (χ2v) is 4.34. The van der Waals surface area contributed by atoms with Gasteiger partial charge in [-0.05, 0) is 12.8 Å². The first-order chi connectivity index (χ1) is 8.90. The fraction of sp³-hybridized carbons (Fsp3) is 0.273. The van der Waals surface area contributed by atoms with E-state index < -0.39 is 0 Å². The Morgan fingerprint density at radius 2 is 2.17 bits per heavy atom. The van der Waals surface area contributed by atoms with Gasteiger partial charge in [-0.1, -0.05) is 0 Å². The van der Waals surface area contributed by atoms with Crippen LogP contribution < -0.4 is 5.32 Å². The van der Waals surface area contributed by atoms with E-state index in [1.807, 2.05) is 12.3 Å². The van der Waals surface area contributed by atoms with Crippen LogP contribution in [0.5, 0.6) is 0 Å². The summed E-state index contributed by atoms with van der Waals surface area (Å²) in [5, 5.41) is 7.59. The first-order valence-corrected chi connectivity index (χ1v) is 5.87. The van der Waals surface area contributed by atoms with Crippen LogP contribution in [0.15, 0.2) is 31.0 Å². The zero-order valence-corrected chi connectivity index (χ0v) is 9.56. The molecule has 7 nitrogen and oxygen atoms in total. The smallest absolute Gasteiger partial charge is 0.240 e. The van der Waals surface area contributed by atoms with E-state index in [1.165, 1.54) is 12.8 Å². The minimum Gasteiger partial charge on any atom is -0.351 e. The third-order valence-electron chi connectivity index (χ3n) is 2.89. The molecule has 0 saturated heterocycles. The van der Waals surface area contributed by atoms with Crippen molar-refractivity contribution in [1.82, 2.24) is 29.1 Å². The molecule has 3 heterocycles. The Morgan fingerprint density at radius 1 is 1.22 bits per heavy atom. The first-order valence-electron chi connectivity index (χ1n) is 5.87. The van der Waals surface area contributed by atoms with Crippen molar-refractivity contribution < 1.29 is 0 Å². The van der Waals surface area contributed by atoms with Gasteiger partial charge < -0.3 is 5.32 Å². The van der Waals surface area contributed by atoms with Crippen LogP contribution in [-0.2, 0) is 0 Å². The molecule has 0 unspecified atom stereocenters. The average Bonchev–Trinajstić information content (AvgIpc) is 2.89. The number of anilines is 1. The van der Waals surface area contributed by atoms with Gasteiger partial charge in [-0.15, -0.1) is 0 Å². The molecule has 0 aliphatic heterocycles. The van der Waals surface area contributed by atoms with Crippen LogP contribution in [0.3, 0.4) is 0 Å². The summed E-state index contributed by atoms with van der Waals surface area (Å²) in [6.07, 6.45) is 9.31. The van der Waals surface area contributed by atoms with E-state index in [4.69, 9.17) is 0 Å². The zero-order valence-electron chi connectivity index (χ0n) is 9.56. The van der Waals surface area contributed by atoms with Crippen LogP contribution in [0, 0.1) is 0 Å². The fourth-order valence-corrected chi connectivity index (χ4v) is 1.81. The number of hydrogen-bond donors (Lipinski definition) is 1. The molecule has 0 atom stereocenters. The molecule has 0 aromatic carbocycles. The van der Waals surface area contributed by atoms with E-state index in [2.05, 4.69) is 25.4 Å². The summed E-state index contributed by atoms with van der Waals surface area (Å²) >= 11 is 0. The largest absolute Gasteiger partial charge is 0.351 e. The van der Waals surface area contributed by atoms with Crippen molar-refractivity contribution in [3.8, 4) is 5.95 Å². The molecular weight excluding hydrogens is 230 g/mol. The third-order valence-corrected chi connectivity index (χ3v) is 2.89. The quantitative estimate of drug-likeness (QED) is 0.737. The van der Waals surface area contributed by atoms with Crippen LogP contribution in [0.2, 0.25) is 0 Å². The van der Waals surface area contributed by atoms with Gasteiger partial charge in [0.2, 0.25) is 11.9 Å². The molecule has 90 valence electrons. The van der Waals surface area contributed by atoms with Crippen LogP contribution in [0.4, 0.5) is 5.95 Å². The maximum Gasteiger partial charge on any atom is 0.240 e.